The number of Topliss-reactive ketones (excluding diaryl/α,β-unsaturated/α-hetero) is 1. The van der Waals surface area contributed by atoms with Gasteiger partial charge in [-0.25, -0.2) is 4.79 Å². The number of hydrogen-bond donors (Lipinski definition) is 0. The summed E-state index contributed by atoms with van der Waals surface area (Å²) < 4.78 is 8.77. The predicted octanol–water partition coefficient (Wildman–Crippen LogP) is 6.24. The maximum Gasteiger partial charge on any atom is 0.343 e. The fourth-order valence-corrected chi connectivity index (χ4v) is 9.32. The lowest BCUT2D eigenvalue weighted by atomic mass is 9.54. The van der Waals surface area contributed by atoms with Crippen molar-refractivity contribution in [2.45, 2.75) is 22.0 Å². The smallest absolute Gasteiger partial charge is 0.343 e. The first-order valence-corrected chi connectivity index (χ1v) is 16.6. The van der Waals surface area contributed by atoms with E-state index in [0.29, 0.717) is 5.56 Å². The molecule has 10 heteroatoms. The molecule has 3 aliphatic carbocycles. The second kappa shape index (κ2) is 11.7. The van der Waals surface area contributed by atoms with Crippen LogP contribution in [0.3, 0.4) is 0 Å². The van der Waals surface area contributed by atoms with Gasteiger partial charge in [0.2, 0.25) is 11.8 Å². The summed E-state index contributed by atoms with van der Waals surface area (Å²) in [5.41, 5.74) is 5.39. The van der Waals surface area contributed by atoms with Crippen molar-refractivity contribution < 1.29 is 33.4 Å². The lowest BCUT2D eigenvalue weighted by molar-refractivity contribution is -0.145. The van der Waals surface area contributed by atoms with Crippen LogP contribution in [0, 0.1) is 18.8 Å². The average Bonchev–Trinajstić information content (AvgIpc) is 3.35. The highest BCUT2D eigenvalue weighted by Gasteiger charge is 2.72. The van der Waals surface area contributed by atoms with Crippen molar-refractivity contribution in [3.63, 3.8) is 0 Å². The number of alkyl halides is 2. The van der Waals surface area contributed by atoms with Gasteiger partial charge in [-0.1, -0.05) is 98.1 Å². The van der Waals surface area contributed by atoms with Crippen molar-refractivity contribution in [1.29, 1.82) is 0 Å². The number of halogens is 2. The van der Waals surface area contributed by atoms with E-state index in [0.717, 1.165) is 32.7 Å². The highest BCUT2D eigenvalue weighted by molar-refractivity contribution is 9.10. The SMILES string of the molecule is Cc1ccc(C(=O)Oc2ccc(C(=O)COC(=O)CCN3C(=O)C4C(C3=O)C3(Br)c5ccccc5C4(Br)c4ccccc43)cc2)cc1. The summed E-state index contributed by atoms with van der Waals surface area (Å²) in [6.07, 6.45) is -0.261. The first kappa shape index (κ1) is 31.2. The van der Waals surface area contributed by atoms with Gasteiger partial charge < -0.3 is 9.47 Å². The van der Waals surface area contributed by atoms with Gasteiger partial charge in [-0.05, 0) is 65.6 Å². The number of hydrogen-bond acceptors (Lipinski definition) is 7. The van der Waals surface area contributed by atoms with Crippen molar-refractivity contribution in [2.75, 3.05) is 13.2 Å². The van der Waals surface area contributed by atoms with Gasteiger partial charge in [-0.3, -0.25) is 24.1 Å². The number of benzene rings is 4. The molecular formula is C37H27Br2NO7. The lowest BCUT2D eigenvalue weighted by Gasteiger charge is -2.55. The minimum atomic E-state index is -0.913. The van der Waals surface area contributed by atoms with E-state index >= 15 is 0 Å². The van der Waals surface area contributed by atoms with Gasteiger partial charge >= 0.3 is 11.9 Å². The second-order valence-electron chi connectivity index (χ2n) is 11.9. The Morgan fingerprint density at radius 2 is 1.17 bits per heavy atom. The quantitative estimate of drug-likeness (QED) is 0.0690. The third-order valence-electron chi connectivity index (χ3n) is 9.25. The number of nitrogens with zero attached hydrogens (tertiary/aromatic N) is 1. The molecule has 2 amide bonds. The average molecular weight is 757 g/mol. The Kier molecular flexibility index (Phi) is 7.75. The van der Waals surface area contributed by atoms with E-state index in [1.807, 2.05) is 67.6 Å². The van der Waals surface area contributed by atoms with Crippen molar-refractivity contribution in [3.8, 4) is 5.75 Å². The van der Waals surface area contributed by atoms with Crippen molar-refractivity contribution in [2.24, 2.45) is 11.8 Å². The molecule has 0 aromatic heterocycles. The molecule has 4 aromatic carbocycles. The minimum absolute atomic E-state index is 0.169. The van der Waals surface area contributed by atoms with Gasteiger partial charge in [-0.2, -0.15) is 0 Å². The molecule has 47 heavy (non-hydrogen) atoms. The van der Waals surface area contributed by atoms with Crippen LogP contribution < -0.4 is 4.74 Å². The first-order chi connectivity index (χ1) is 22.5. The number of carbonyl (C=O) groups is 5. The Hall–Kier alpha value is -4.41. The maximum atomic E-state index is 14.0. The molecule has 1 saturated heterocycles. The van der Waals surface area contributed by atoms with Crippen molar-refractivity contribution in [3.05, 3.63) is 136 Å². The highest BCUT2D eigenvalue weighted by atomic mass is 79.9. The second-order valence-corrected chi connectivity index (χ2v) is 14.4. The fraction of sp³-hybridized carbons (Fsp3) is 0.216. The van der Waals surface area contributed by atoms with Crippen molar-refractivity contribution >= 4 is 61.4 Å². The standard InChI is InChI=1S/C37H27Br2NO7/c1-21-10-12-23(13-11-21)35(45)47-24-16-14-22(15-17-24)29(41)20-46-30(42)18-19-40-33(43)31-32(34(40)44)37(39)26-7-3-2-6-25(26)36(31,38)27-8-4-5-9-28(27)37/h2-17,31-32H,18-20H2,1H3. The molecule has 2 bridgehead atoms. The van der Waals surface area contributed by atoms with E-state index in [2.05, 4.69) is 31.9 Å². The molecule has 1 heterocycles. The van der Waals surface area contributed by atoms with Crippen LogP contribution in [0.25, 0.3) is 0 Å². The monoisotopic (exact) mass is 755 g/mol. The number of aryl methyl sites for hydroxylation is 1. The van der Waals surface area contributed by atoms with Gasteiger partial charge in [0.25, 0.3) is 0 Å². The number of carbonyl (C=O) groups excluding carboxylic acids is 5. The van der Waals surface area contributed by atoms with Gasteiger partial charge in [0.1, 0.15) is 5.75 Å². The van der Waals surface area contributed by atoms with Gasteiger partial charge in [0.15, 0.2) is 12.4 Å². The molecule has 236 valence electrons. The maximum absolute atomic E-state index is 14.0. The summed E-state index contributed by atoms with van der Waals surface area (Å²) in [5, 5.41) is 0. The van der Waals surface area contributed by atoms with Crippen LogP contribution in [-0.2, 0) is 27.8 Å². The lowest BCUT2D eigenvalue weighted by Crippen LogP contribution is -2.56. The van der Waals surface area contributed by atoms with E-state index < -0.39 is 44.8 Å². The van der Waals surface area contributed by atoms with Gasteiger partial charge in [0.05, 0.1) is 32.5 Å². The summed E-state index contributed by atoms with van der Waals surface area (Å²) in [5.74, 6) is -3.61. The van der Waals surface area contributed by atoms with Crippen molar-refractivity contribution in [1.82, 2.24) is 4.90 Å². The number of ether oxygens (including phenoxy) is 2. The van der Waals surface area contributed by atoms with Gasteiger partial charge in [0, 0.05) is 12.1 Å². The summed E-state index contributed by atoms with van der Waals surface area (Å²) >= 11 is 7.91. The van der Waals surface area contributed by atoms with E-state index in [1.54, 1.807) is 12.1 Å². The molecule has 0 N–H and O–H groups in total. The van der Waals surface area contributed by atoms with Crippen LogP contribution in [0.4, 0.5) is 0 Å². The van der Waals surface area contributed by atoms with E-state index in [4.69, 9.17) is 9.47 Å². The number of esters is 2. The Labute approximate surface area is 287 Å². The number of ketones is 1. The number of imide groups is 1. The number of likely N-dealkylation sites (tertiary alicyclic amines) is 1. The Balaban J connectivity index is 0.990. The van der Waals surface area contributed by atoms with Crippen LogP contribution in [-0.4, -0.2) is 47.6 Å². The zero-order valence-corrected chi connectivity index (χ0v) is 28.2. The zero-order valence-electron chi connectivity index (χ0n) is 25.1. The number of amides is 2. The minimum Gasteiger partial charge on any atom is -0.457 e. The molecule has 0 spiro atoms. The van der Waals surface area contributed by atoms with Crippen LogP contribution in [0.5, 0.6) is 5.75 Å². The first-order valence-electron chi connectivity index (χ1n) is 15.1. The summed E-state index contributed by atoms with van der Waals surface area (Å²) in [7, 11) is 0. The third kappa shape index (κ3) is 4.88. The van der Waals surface area contributed by atoms with E-state index in [9.17, 15) is 24.0 Å². The number of rotatable bonds is 8. The fourth-order valence-electron chi connectivity index (χ4n) is 7.01. The predicted molar refractivity (Wildman–Crippen MR) is 178 cm³/mol. The van der Waals surface area contributed by atoms with E-state index in [1.165, 1.54) is 24.3 Å². The highest BCUT2D eigenvalue weighted by Crippen LogP contribution is 2.70. The van der Waals surface area contributed by atoms with Crippen LogP contribution in [0.15, 0.2) is 97.1 Å². The Bertz CT molecular complexity index is 1850. The summed E-state index contributed by atoms with van der Waals surface area (Å²) in [4.78, 5) is 66.9. The van der Waals surface area contributed by atoms with Crippen LogP contribution in [0.1, 0.15) is 55.0 Å². The molecular weight excluding hydrogens is 730 g/mol. The molecule has 8 rings (SSSR count). The largest absolute Gasteiger partial charge is 0.457 e. The molecule has 1 aliphatic heterocycles. The van der Waals surface area contributed by atoms with E-state index in [-0.39, 0.29) is 36.1 Å². The Morgan fingerprint density at radius 1 is 0.702 bits per heavy atom. The molecule has 2 unspecified atom stereocenters. The topological polar surface area (TPSA) is 107 Å². The normalized spacial score (nSPS) is 23.5. The third-order valence-corrected chi connectivity index (χ3v) is 11.9. The molecule has 8 nitrogen and oxygen atoms in total. The Morgan fingerprint density at radius 3 is 1.66 bits per heavy atom. The molecule has 0 radical (unpaired) electrons. The van der Waals surface area contributed by atoms with Crippen LogP contribution >= 0.6 is 31.9 Å². The van der Waals surface area contributed by atoms with Crippen LogP contribution in [0.2, 0.25) is 0 Å². The summed E-state index contributed by atoms with van der Waals surface area (Å²) in [6, 6.07) is 28.5. The van der Waals surface area contributed by atoms with Gasteiger partial charge in [-0.15, -0.1) is 0 Å². The summed E-state index contributed by atoms with van der Waals surface area (Å²) in [6.45, 7) is 1.23. The molecule has 1 fully saturated rings. The molecule has 4 aromatic rings. The zero-order chi connectivity index (χ0) is 33.1. The molecule has 0 saturated carbocycles. The molecule has 2 atom stereocenters. The molecule has 4 aliphatic rings.